The van der Waals surface area contributed by atoms with Crippen molar-refractivity contribution in [1.82, 2.24) is 9.80 Å². The molecule has 0 atom stereocenters. The first-order valence-electron chi connectivity index (χ1n) is 10.4. The van der Waals surface area contributed by atoms with Gasteiger partial charge in [0.15, 0.2) is 5.96 Å². The number of hydrogen-bond donors (Lipinski definition) is 0. The molecule has 0 rings (SSSR count). The Labute approximate surface area is 203 Å². The van der Waals surface area contributed by atoms with E-state index in [1.807, 2.05) is 26.0 Å². The maximum Gasteiger partial charge on any atom is 0.482 e. The van der Waals surface area contributed by atoms with Gasteiger partial charge in [-0.25, -0.2) is 0 Å². The summed E-state index contributed by atoms with van der Waals surface area (Å²) < 4.78 is 54.8. The summed E-state index contributed by atoms with van der Waals surface area (Å²) in [5.74, 6) is 0.846. The van der Waals surface area contributed by atoms with E-state index in [4.69, 9.17) is 39.8 Å². The van der Waals surface area contributed by atoms with Gasteiger partial charge in [-0.2, -0.15) is 0 Å². The lowest BCUT2D eigenvalue weighted by molar-refractivity contribution is 0.115. The average molecular weight is 548 g/mol. The van der Waals surface area contributed by atoms with Gasteiger partial charge >= 0.3 is 31.6 Å². The van der Waals surface area contributed by atoms with Crippen molar-refractivity contribution < 1.29 is 39.8 Å². The van der Waals surface area contributed by atoms with E-state index in [1.165, 1.54) is 0 Å². The molecule has 16 heteroatoms. The first-order chi connectivity index (χ1) is 15.6. The van der Waals surface area contributed by atoms with E-state index in [1.54, 1.807) is 71.0 Å². The predicted octanol–water partition coefficient (Wildman–Crippen LogP) is 0.174. The SMILES string of the molecule is CN=C(N(C)C)N(C)CCC[Si]([Si](OC)(OC)OC)([Si](OC)(OC)OC)[Si](OC)(OC)OC. The second-order valence-corrected chi connectivity index (χ2v) is 34.4. The smallest absolute Gasteiger partial charge is 0.380 e. The molecule has 0 aliphatic rings. The van der Waals surface area contributed by atoms with Crippen molar-refractivity contribution in [2.75, 3.05) is 98.7 Å². The molecule has 0 unspecified atom stereocenters. The summed E-state index contributed by atoms with van der Waals surface area (Å²) in [6.07, 6.45) is 0.677. The molecule has 0 radical (unpaired) electrons. The summed E-state index contributed by atoms with van der Waals surface area (Å²) in [6.45, 7) is -2.77. The molecule has 0 amide bonds. The van der Waals surface area contributed by atoms with Gasteiger partial charge in [-0.05, 0) is 12.5 Å². The third-order valence-electron chi connectivity index (χ3n) is 5.97. The fourth-order valence-electron chi connectivity index (χ4n) is 4.73. The largest absolute Gasteiger partial charge is 0.482 e. The van der Waals surface area contributed by atoms with E-state index in [9.17, 15) is 0 Å². The molecule has 0 heterocycles. The summed E-state index contributed by atoms with van der Waals surface area (Å²) in [7, 11) is 11.0. The third-order valence-corrected chi connectivity index (χ3v) is 48.8. The molecule has 0 aromatic heterocycles. The summed E-state index contributed by atoms with van der Waals surface area (Å²) in [6, 6.07) is 0.521. The van der Waals surface area contributed by atoms with E-state index < -0.39 is 31.6 Å². The monoisotopic (exact) mass is 547 g/mol. The van der Waals surface area contributed by atoms with Crippen molar-refractivity contribution in [2.24, 2.45) is 4.99 Å². The van der Waals surface area contributed by atoms with E-state index in [-0.39, 0.29) is 0 Å². The second-order valence-electron chi connectivity index (χ2n) is 7.35. The Hall–Kier alpha value is -0.222. The number of hydrogen-bond acceptors (Lipinski definition) is 10. The fourth-order valence-corrected chi connectivity index (χ4v) is 55.9. The highest BCUT2D eigenvalue weighted by Gasteiger charge is 2.90. The maximum atomic E-state index is 6.09. The van der Waals surface area contributed by atoms with Crippen molar-refractivity contribution in [3.8, 4) is 0 Å². The molecule has 0 fully saturated rings. The minimum Gasteiger partial charge on any atom is -0.380 e. The molecule has 33 heavy (non-hydrogen) atoms. The van der Waals surface area contributed by atoms with E-state index >= 15 is 0 Å². The predicted molar refractivity (Wildman–Crippen MR) is 135 cm³/mol. The van der Waals surface area contributed by atoms with Crippen molar-refractivity contribution in [1.29, 1.82) is 0 Å². The van der Waals surface area contributed by atoms with Gasteiger partial charge in [-0.3, -0.25) is 4.99 Å². The highest BCUT2D eigenvalue weighted by Crippen LogP contribution is 2.43. The quantitative estimate of drug-likeness (QED) is 0.150. The van der Waals surface area contributed by atoms with Gasteiger partial charge in [0.25, 0.3) is 0 Å². The Morgan fingerprint density at radius 2 is 0.909 bits per heavy atom. The molecule has 0 saturated heterocycles. The van der Waals surface area contributed by atoms with Crippen LogP contribution in [0.2, 0.25) is 6.04 Å². The Kier molecular flexibility index (Phi) is 14.3. The van der Waals surface area contributed by atoms with Gasteiger partial charge in [0.1, 0.15) is 0 Å². The van der Waals surface area contributed by atoms with Crippen LogP contribution in [0.5, 0.6) is 0 Å². The number of aliphatic imine (C=N–C) groups is 1. The molecular formula is C17H45N3O9Si4. The molecule has 12 nitrogen and oxygen atoms in total. The minimum atomic E-state index is -3.57. The molecule has 0 bridgehead atoms. The van der Waals surface area contributed by atoms with E-state index in [0.29, 0.717) is 19.0 Å². The minimum absolute atomic E-state index is 0.521. The number of rotatable bonds is 16. The normalized spacial score (nSPS) is 14.0. The molecule has 0 aliphatic heterocycles. The van der Waals surface area contributed by atoms with Crippen LogP contribution in [0.4, 0.5) is 0 Å². The first kappa shape index (κ1) is 32.8. The lowest BCUT2D eigenvalue weighted by Crippen LogP contribution is -2.94. The zero-order chi connectivity index (χ0) is 25.9. The average Bonchev–Trinajstić information content (AvgIpc) is 2.83. The first-order valence-corrected chi connectivity index (χ1v) is 20.8. The van der Waals surface area contributed by atoms with Crippen molar-refractivity contribution in [3.05, 3.63) is 0 Å². The number of guanidine groups is 1. The maximum absolute atomic E-state index is 6.09. The van der Waals surface area contributed by atoms with Crippen LogP contribution in [0.15, 0.2) is 4.99 Å². The molecule has 0 aromatic rings. The van der Waals surface area contributed by atoms with Crippen LogP contribution in [0.1, 0.15) is 6.42 Å². The van der Waals surface area contributed by atoms with E-state index in [2.05, 4.69) is 9.89 Å². The highest BCUT2D eigenvalue weighted by atomic mass is 30.0. The van der Waals surface area contributed by atoms with E-state index in [0.717, 1.165) is 5.96 Å². The summed E-state index contributed by atoms with van der Waals surface area (Å²) in [5.41, 5.74) is 0. The summed E-state index contributed by atoms with van der Waals surface area (Å²) >= 11 is 0. The van der Waals surface area contributed by atoms with Crippen LogP contribution in [-0.4, -0.2) is 146 Å². The Morgan fingerprint density at radius 3 is 1.12 bits per heavy atom. The fraction of sp³-hybridized carbons (Fsp3) is 0.941. The Morgan fingerprint density at radius 1 is 0.606 bits per heavy atom. The van der Waals surface area contributed by atoms with Crippen LogP contribution in [0.25, 0.3) is 0 Å². The molecule has 0 saturated carbocycles. The Bertz CT molecular complexity index is 517. The molecule has 0 aromatic carbocycles. The van der Waals surface area contributed by atoms with Crippen LogP contribution in [0.3, 0.4) is 0 Å². The summed E-state index contributed by atoms with van der Waals surface area (Å²) in [5, 5.41) is 0. The molecule has 0 spiro atoms. The third kappa shape index (κ3) is 5.62. The van der Waals surface area contributed by atoms with Crippen molar-refractivity contribution in [2.45, 2.75) is 12.5 Å². The summed E-state index contributed by atoms with van der Waals surface area (Å²) in [4.78, 5) is 8.41. The van der Waals surface area contributed by atoms with Gasteiger partial charge in [0, 0.05) is 98.7 Å². The van der Waals surface area contributed by atoms with Crippen molar-refractivity contribution >= 4 is 37.6 Å². The van der Waals surface area contributed by atoms with Crippen LogP contribution in [0, 0.1) is 0 Å². The van der Waals surface area contributed by atoms with Gasteiger partial charge in [-0.1, -0.05) is 0 Å². The van der Waals surface area contributed by atoms with Gasteiger partial charge < -0.3 is 49.6 Å². The second kappa shape index (κ2) is 14.4. The Balaban J connectivity index is 7.03. The van der Waals surface area contributed by atoms with Crippen molar-refractivity contribution in [3.63, 3.8) is 0 Å². The lowest BCUT2D eigenvalue weighted by Gasteiger charge is -2.52. The topological polar surface area (TPSA) is 102 Å². The molecule has 0 N–H and O–H groups in total. The van der Waals surface area contributed by atoms with Crippen LogP contribution >= 0.6 is 0 Å². The zero-order valence-corrected chi connectivity index (χ0v) is 26.6. The highest BCUT2D eigenvalue weighted by molar-refractivity contribution is 7.83. The standard InChI is InChI=1S/C17H45N3O9Si4/c1-18-17(19(2)3)20(4)15-14-16-30(31(21-5,22-6)23-7,32(24-8,25-9)26-10)33(27-11,28-12)29-13/h14-16H2,1-13H3. The van der Waals surface area contributed by atoms with Gasteiger partial charge in [0.05, 0.1) is 0 Å². The zero-order valence-electron chi connectivity index (χ0n) is 22.6. The van der Waals surface area contributed by atoms with Crippen LogP contribution in [-0.2, 0) is 39.8 Å². The molecule has 198 valence electrons. The number of nitrogens with zero attached hydrogens (tertiary/aromatic N) is 3. The van der Waals surface area contributed by atoms with Gasteiger partial charge in [0.2, 0.25) is 0 Å². The lowest BCUT2D eigenvalue weighted by atomic mass is 10.4. The molecular weight excluding hydrogens is 503 g/mol. The molecule has 0 aliphatic carbocycles. The van der Waals surface area contributed by atoms with Gasteiger partial charge in [-0.15, -0.1) is 0 Å². The van der Waals surface area contributed by atoms with Crippen LogP contribution < -0.4 is 0 Å².